The molecule has 16 heavy (non-hydrogen) atoms. The number of carboxylic acids is 1. The van der Waals surface area contributed by atoms with Gasteiger partial charge in [0.25, 0.3) is 0 Å². The van der Waals surface area contributed by atoms with Crippen LogP contribution in [0.4, 0.5) is 0 Å². The zero-order valence-corrected chi connectivity index (χ0v) is 10.6. The van der Waals surface area contributed by atoms with E-state index >= 15 is 0 Å². The van der Waals surface area contributed by atoms with Gasteiger partial charge in [-0.2, -0.15) is 0 Å². The van der Waals surface area contributed by atoms with Gasteiger partial charge in [0.15, 0.2) is 0 Å². The molecule has 3 nitrogen and oxygen atoms in total. The lowest BCUT2D eigenvalue weighted by atomic mass is 10.1. The van der Waals surface area contributed by atoms with Crippen LogP contribution in [-0.2, 0) is 17.8 Å². The van der Waals surface area contributed by atoms with Crippen LogP contribution in [-0.4, -0.2) is 17.6 Å². The van der Waals surface area contributed by atoms with E-state index in [0.717, 1.165) is 23.9 Å². The predicted octanol–water partition coefficient (Wildman–Crippen LogP) is 2.51. The molecule has 1 heterocycles. The molecule has 90 valence electrons. The van der Waals surface area contributed by atoms with Crippen molar-refractivity contribution < 1.29 is 9.90 Å². The van der Waals surface area contributed by atoms with Gasteiger partial charge in [0.05, 0.1) is 6.42 Å². The third-order valence-electron chi connectivity index (χ3n) is 2.24. The number of rotatable bonds is 7. The normalized spacial score (nSPS) is 10.9. The third kappa shape index (κ3) is 5.28. The van der Waals surface area contributed by atoms with Crippen LogP contribution in [0, 0.1) is 5.92 Å². The van der Waals surface area contributed by atoms with E-state index in [1.165, 1.54) is 11.3 Å². The van der Waals surface area contributed by atoms with Gasteiger partial charge >= 0.3 is 5.97 Å². The molecule has 1 aromatic heterocycles. The maximum absolute atomic E-state index is 10.5. The lowest BCUT2D eigenvalue weighted by Crippen LogP contribution is -2.15. The minimum atomic E-state index is -0.763. The number of hydrogen-bond donors (Lipinski definition) is 2. The molecule has 0 amide bonds. The van der Waals surface area contributed by atoms with Crippen LogP contribution < -0.4 is 5.32 Å². The molecule has 0 spiro atoms. The molecule has 0 saturated heterocycles. The fourth-order valence-corrected chi connectivity index (χ4v) is 2.34. The Kier molecular flexibility index (Phi) is 5.49. The third-order valence-corrected chi connectivity index (χ3v) is 3.33. The minimum Gasteiger partial charge on any atom is -0.481 e. The summed E-state index contributed by atoms with van der Waals surface area (Å²) in [6, 6.07) is 3.91. The largest absolute Gasteiger partial charge is 0.481 e. The molecule has 0 saturated carbocycles. The summed E-state index contributed by atoms with van der Waals surface area (Å²) in [5.74, 6) is -0.0421. The van der Waals surface area contributed by atoms with Crippen LogP contribution >= 0.6 is 11.3 Å². The van der Waals surface area contributed by atoms with E-state index in [9.17, 15) is 4.79 Å². The molecule has 0 aliphatic rings. The van der Waals surface area contributed by atoms with Crippen LogP contribution in [0.3, 0.4) is 0 Å². The Morgan fingerprint density at radius 3 is 2.75 bits per heavy atom. The summed E-state index contributed by atoms with van der Waals surface area (Å²) in [7, 11) is 0. The summed E-state index contributed by atoms with van der Waals surface area (Å²) in [6.45, 7) is 6.27. The Morgan fingerprint density at radius 2 is 2.12 bits per heavy atom. The number of carboxylic acid groups (broad SMARTS) is 1. The molecule has 0 bridgehead atoms. The molecule has 0 aliphatic heterocycles. The van der Waals surface area contributed by atoms with Crippen LogP contribution in [0.25, 0.3) is 0 Å². The van der Waals surface area contributed by atoms with Crippen LogP contribution in [0.1, 0.15) is 30.0 Å². The first-order valence-corrected chi connectivity index (χ1v) is 6.39. The molecule has 0 atom stereocenters. The van der Waals surface area contributed by atoms with Crippen molar-refractivity contribution in [3.8, 4) is 0 Å². The van der Waals surface area contributed by atoms with Crippen LogP contribution in [0.15, 0.2) is 12.1 Å². The zero-order chi connectivity index (χ0) is 12.0. The summed E-state index contributed by atoms with van der Waals surface area (Å²) in [4.78, 5) is 12.6. The van der Waals surface area contributed by atoms with Gasteiger partial charge in [0, 0.05) is 16.3 Å². The molecule has 0 radical (unpaired) electrons. The molecule has 0 unspecified atom stereocenters. The topological polar surface area (TPSA) is 49.3 Å². The average Bonchev–Trinajstić information content (AvgIpc) is 2.59. The van der Waals surface area contributed by atoms with Crippen molar-refractivity contribution in [1.82, 2.24) is 5.32 Å². The van der Waals surface area contributed by atoms with Crippen molar-refractivity contribution in [3.63, 3.8) is 0 Å². The standard InChI is InChI=1S/C12H19NO2S/c1-9(2)5-6-13-8-11-4-3-10(16-11)7-12(14)15/h3-4,9,13H,5-8H2,1-2H3,(H,14,15). The van der Waals surface area contributed by atoms with Gasteiger partial charge in [-0.05, 0) is 31.0 Å². The summed E-state index contributed by atoms with van der Waals surface area (Å²) in [5, 5.41) is 12.0. The van der Waals surface area contributed by atoms with Gasteiger partial charge in [0.2, 0.25) is 0 Å². The van der Waals surface area contributed by atoms with Crippen molar-refractivity contribution in [3.05, 3.63) is 21.9 Å². The first-order valence-electron chi connectivity index (χ1n) is 5.58. The molecule has 1 aromatic rings. The average molecular weight is 241 g/mol. The fourth-order valence-electron chi connectivity index (χ4n) is 1.36. The zero-order valence-electron chi connectivity index (χ0n) is 9.82. The Balaban J connectivity index is 2.26. The minimum absolute atomic E-state index is 0.136. The fraction of sp³-hybridized carbons (Fsp3) is 0.583. The Morgan fingerprint density at radius 1 is 1.44 bits per heavy atom. The number of carbonyl (C=O) groups is 1. The van der Waals surface area contributed by atoms with Gasteiger partial charge < -0.3 is 10.4 Å². The molecule has 2 N–H and O–H groups in total. The summed E-state index contributed by atoms with van der Waals surface area (Å²) < 4.78 is 0. The second-order valence-corrected chi connectivity index (χ2v) is 5.55. The van der Waals surface area contributed by atoms with Gasteiger partial charge in [-0.3, -0.25) is 4.79 Å². The van der Waals surface area contributed by atoms with Gasteiger partial charge in [-0.15, -0.1) is 11.3 Å². The SMILES string of the molecule is CC(C)CCNCc1ccc(CC(=O)O)s1. The number of thiophene rings is 1. The first kappa shape index (κ1) is 13.2. The van der Waals surface area contributed by atoms with E-state index < -0.39 is 5.97 Å². The second-order valence-electron chi connectivity index (χ2n) is 4.30. The Labute approximate surface area is 100 Å². The number of hydrogen-bond acceptors (Lipinski definition) is 3. The molecule has 0 aliphatic carbocycles. The van der Waals surface area contributed by atoms with Crippen LogP contribution in [0.2, 0.25) is 0 Å². The van der Waals surface area contributed by atoms with E-state index in [-0.39, 0.29) is 6.42 Å². The van der Waals surface area contributed by atoms with E-state index in [0.29, 0.717) is 0 Å². The second kappa shape index (κ2) is 6.66. The van der Waals surface area contributed by atoms with E-state index in [2.05, 4.69) is 19.2 Å². The quantitative estimate of drug-likeness (QED) is 0.721. The van der Waals surface area contributed by atoms with E-state index in [4.69, 9.17) is 5.11 Å². The highest BCUT2D eigenvalue weighted by atomic mass is 32.1. The lowest BCUT2D eigenvalue weighted by molar-refractivity contribution is -0.136. The Bertz CT molecular complexity index is 334. The highest BCUT2D eigenvalue weighted by Crippen LogP contribution is 2.16. The van der Waals surface area contributed by atoms with Crippen molar-refractivity contribution in [1.29, 1.82) is 0 Å². The van der Waals surface area contributed by atoms with Crippen molar-refractivity contribution in [2.75, 3.05) is 6.54 Å². The predicted molar refractivity (Wildman–Crippen MR) is 66.8 cm³/mol. The van der Waals surface area contributed by atoms with Crippen molar-refractivity contribution in [2.24, 2.45) is 5.92 Å². The lowest BCUT2D eigenvalue weighted by Gasteiger charge is -2.05. The molecule has 0 fully saturated rings. The van der Waals surface area contributed by atoms with Gasteiger partial charge in [-0.25, -0.2) is 0 Å². The number of aliphatic carboxylic acids is 1. The smallest absolute Gasteiger partial charge is 0.308 e. The van der Waals surface area contributed by atoms with Gasteiger partial charge in [-0.1, -0.05) is 13.8 Å². The highest BCUT2D eigenvalue weighted by Gasteiger charge is 2.04. The molecular formula is C12H19NO2S. The summed E-state index contributed by atoms with van der Waals surface area (Å²) in [6.07, 6.45) is 1.31. The van der Waals surface area contributed by atoms with E-state index in [1.54, 1.807) is 11.3 Å². The maximum atomic E-state index is 10.5. The summed E-state index contributed by atoms with van der Waals surface area (Å²) >= 11 is 1.58. The highest BCUT2D eigenvalue weighted by molar-refractivity contribution is 7.12. The van der Waals surface area contributed by atoms with Gasteiger partial charge in [0.1, 0.15) is 0 Å². The van der Waals surface area contributed by atoms with E-state index in [1.807, 2.05) is 12.1 Å². The first-order chi connectivity index (χ1) is 7.58. The van der Waals surface area contributed by atoms with Crippen LogP contribution in [0.5, 0.6) is 0 Å². The monoisotopic (exact) mass is 241 g/mol. The summed E-state index contributed by atoms with van der Waals surface area (Å²) in [5.41, 5.74) is 0. The number of nitrogens with one attached hydrogen (secondary N) is 1. The molecule has 1 rings (SSSR count). The van der Waals surface area contributed by atoms with Crippen molar-refractivity contribution in [2.45, 2.75) is 33.2 Å². The molecular weight excluding hydrogens is 222 g/mol. The molecule has 0 aromatic carbocycles. The maximum Gasteiger partial charge on any atom is 0.308 e. The van der Waals surface area contributed by atoms with Crippen molar-refractivity contribution >= 4 is 17.3 Å². The molecule has 4 heteroatoms. The Hall–Kier alpha value is -0.870.